The number of rotatable bonds is 5. The first-order chi connectivity index (χ1) is 10.7. The Morgan fingerprint density at radius 2 is 1.35 bits per heavy atom. The number of nitrogens with two attached hydrogens (primary N) is 1. The van der Waals surface area contributed by atoms with Gasteiger partial charge < -0.3 is 0 Å². The van der Waals surface area contributed by atoms with E-state index in [1.54, 1.807) is 4.31 Å². The maximum Gasteiger partial charge on any atom is 0.347 e. The van der Waals surface area contributed by atoms with Crippen molar-refractivity contribution in [3.05, 3.63) is 0 Å². The van der Waals surface area contributed by atoms with E-state index in [1.165, 1.54) is 12.8 Å². The van der Waals surface area contributed by atoms with Crippen molar-refractivity contribution in [2.24, 2.45) is 28.8 Å². The van der Waals surface area contributed by atoms with Crippen LogP contribution < -0.4 is 5.14 Å². The second-order valence-electron chi connectivity index (χ2n) is 7.88. The first-order valence-electron chi connectivity index (χ1n) is 8.54. The molecule has 0 radical (unpaired) electrons. The summed E-state index contributed by atoms with van der Waals surface area (Å²) >= 11 is 0. The minimum atomic E-state index is -4.42. The predicted molar refractivity (Wildman–Crippen MR) is 85.4 cm³/mol. The maximum atomic E-state index is 12.9. The summed E-state index contributed by atoms with van der Waals surface area (Å²) in [6.07, 6.45) is 8.57. The first-order valence-corrected chi connectivity index (χ1v) is 11.4. The molecule has 7 nitrogen and oxygen atoms in total. The van der Waals surface area contributed by atoms with Crippen molar-refractivity contribution in [3.8, 4) is 0 Å². The summed E-state index contributed by atoms with van der Waals surface area (Å²) in [6, 6.07) is 0.00898. The van der Waals surface area contributed by atoms with Crippen molar-refractivity contribution in [3.63, 3.8) is 0 Å². The molecule has 0 heterocycles. The van der Waals surface area contributed by atoms with Gasteiger partial charge in [0.2, 0.25) is 10.2 Å². The van der Waals surface area contributed by atoms with Gasteiger partial charge in [-0.3, -0.25) is 0 Å². The normalized spacial score (nSPS) is 45.0. The predicted octanol–water partition coefficient (Wildman–Crippen LogP) is 1.76. The van der Waals surface area contributed by atoms with Gasteiger partial charge in [0.15, 0.2) is 0 Å². The minimum absolute atomic E-state index is 0.00449. The number of hydrogen-bond acceptors (Lipinski definition) is 5. The van der Waals surface area contributed by atoms with E-state index < -0.39 is 20.5 Å². The van der Waals surface area contributed by atoms with Crippen molar-refractivity contribution < 1.29 is 16.3 Å². The molecule has 132 valence electrons. The highest BCUT2D eigenvalue weighted by atomic mass is 32.3. The number of nitrogens with one attached hydrogen (secondary N) is 1. The maximum absolute atomic E-state index is 12.9. The van der Waals surface area contributed by atoms with Crippen LogP contribution in [0.25, 0.3) is 0 Å². The van der Waals surface area contributed by atoms with E-state index in [9.17, 15) is 12.6 Å². The van der Waals surface area contributed by atoms with Crippen molar-refractivity contribution in [1.29, 1.82) is 4.78 Å². The molecule has 0 aromatic carbocycles. The minimum Gasteiger partial charge on any atom is -0.216 e. The molecule has 7 atom stereocenters. The lowest BCUT2D eigenvalue weighted by atomic mass is 9.90. The van der Waals surface area contributed by atoms with Gasteiger partial charge >= 0.3 is 10.3 Å². The van der Waals surface area contributed by atoms with Gasteiger partial charge in [0, 0.05) is 12.1 Å². The van der Waals surface area contributed by atoms with Crippen molar-refractivity contribution >= 4 is 20.5 Å². The fourth-order valence-electron chi connectivity index (χ4n) is 5.81. The lowest BCUT2D eigenvalue weighted by molar-refractivity contribution is 0.143. The third-order valence-corrected chi connectivity index (χ3v) is 9.11. The monoisotopic (exact) mass is 363 g/mol. The third kappa shape index (κ3) is 2.95. The Labute approximate surface area is 138 Å². The Hall–Kier alpha value is -0.220. The standard InChI is InChI=1S/C14H25N3O4S2/c15-22(18,21-23(16,19)20)17(13-7-9-1-3-11(13)5-9)14-8-10-2-4-12(14)6-10/h9-15H,1-8H2,(H2,16,19,20). The topological polar surface area (TPSA) is 114 Å². The second-order valence-corrected chi connectivity index (χ2v) is 10.8. The van der Waals surface area contributed by atoms with Gasteiger partial charge in [-0.15, -0.1) is 3.63 Å². The summed E-state index contributed by atoms with van der Waals surface area (Å²) in [5.74, 6) is 2.07. The second kappa shape index (κ2) is 5.39. The SMILES string of the molecule is N=S(=O)(OS(N)(=O)=O)N(C1CC2CCC1C2)C1CC2CCC1C2. The lowest BCUT2D eigenvalue weighted by Gasteiger charge is -2.41. The Balaban J connectivity index is 1.66. The van der Waals surface area contributed by atoms with Gasteiger partial charge in [0.1, 0.15) is 0 Å². The summed E-state index contributed by atoms with van der Waals surface area (Å²) in [4.78, 5) is 0. The zero-order chi connectivity index (χ0) is 16.4. The van der Waals surface area contributed by atoms with Crippen LogP contribution in [0.3, 0.4) is 0 Å². The highest BCUT2D eigenvalue weighted by molar-refractivity contribution is 7.98. The lowest BCUT2D eigenvalue weighted by Crippen LogP contribution is -2.52. The summed E-state index contributed by atoms with van der Waals surface area (Å²) in [6.45, 7) is 0. The first kappa shape index (κ1) is 16.3. The molecule has 4 bridgehead atoms. The molecule has 4 fully saturated rings. The van der Waals surface area contributed by atoms with Crippen LogP contribution in [-0.4, -0.2) is 29.0 Å². The molecule has 4 saturated carbocycles. The molecule has 4 rings (SSSR count). The molecule has 0 aliphatic heterocycles. The molecule has 0 amide bonds. The van der Waals surface area contributed by atoms with E-state index in [-0.39, 0.29) is 12.1 Å². The quantitative estimate of drug-likeness (QED) is 0.774. The summed E-state index contributed by atoms with van der Waals surface area (Å²) < 4.78 is 50.0. The van der Waals surface area contributed by atoms with Crippen LogP contribution >= 0.6 is 0 Å². The van der Waals surface area contributed by atoms with Gasteiger partial charge in [-0.25, -0.2) is 14.1 Å². The highest BCUT2D eigenvalue weighted by Crippen LogP contribution is 2.53. The fraction of sp³-hybridized carbons (Fsp3) is 1.00. The molecular weight excluding hydrogens is 338 g/mol. The van der Waals surface area contributed by atoms with Crippen LogP contribution in [0.5, 0.6) is 0 Å². The van der Waals surface area contributed by atoms with Crippen molar-refractivity contribution in [1.82, 2.24) is 4.31 Å². The van der Waals surface area contributed by atoms with E-state index in [0.717, 1.165) is 38.5 Å². The van der Waals surface area contributed by atoms with Crippen molar-refractivity contribution in [2.45, 2.75) is 63.5 Å². The third-order valence-electron chi connectivity index (χ3n) is 6.52. The van der Waals surface area contributed by atoms with E-state index in [2.05, 4.69) is 3.63 Å². The molecular formula is C14H25N3O4S2. The molecule has 0 aromatic heterocycles. The molecule has 0 saturated heterocycles. The Kier molecular flexibility index (Phi) is 3.81. The van der Waals surface area contributed by atoms with Gasteiger partial charge in [-0.2, -0.15) is 12.7 Å². The van der Waals surface area contributed by atoms with Crippen LogP contribution in [0.15, 0.2) is 0 Å². The van der Waals surface area contributed by atoms with Crippen LogP contribution in [0.4, 0.5) is 0 Å². The average Bonchev–Trinajstić information content (AvgIpc) is 3.16. The van der Waals surface area contributed by atoms with E-state index in [1.807, 2.05) is 0 Å². The van der Waals surface area contributed by atoms with Gasteiger partial charge in [0.05, 0.1) is 0 Å². The van der Waals surface area contributed by atoms with Crippen LogP contribution in [-0.2, 0) is 24.1 Å². The zero-order valence-electron chi connectivity index (χ0n) is 13.1. The van der Waals surface area contributed by atoms with Gasteiger partial charge in [-0.05, 0) is 62.2 Å². The van der Waals surface area contributed by atoms with Crippen LogP contribution in [0.1, 0.15) is 51.4 Å². The molecule has 3 N–H and O–H groups in total. The Bertz CT molecular complexity index is 665. The molecule has 0 aromatic rings. The molecule has 4 aliphatic rings. The summed E-state index contributed by atoms with van der Waals surface area (Å²) in [5, 5.41) is 4.93. The Morgan fingerprint density at radius 3 is 1.65 bits per heavy atom. The fourth-order valence-corrected chi connectivity index (χ4v) is 8.35. The molecule has 9 heteroatoms. The van der Waals surface area contributed by atoms with Gasteiger partial charge in [-0.1, -0.05) is 12.8 Å². The van der Waals surface area contributed by atoms with E-state index in [4.69, 9.17) is 9.92 Å². The van der Waals surface area contributed by atoms with E-state index >= 15 is 0 Å². The summed E-state index contributed by atoms with van der Waals surface area (Å²) in [5.41, 5.74) is 0. The number of nitrogens with zero attached hydrogens (tertiary/aromatic N) is 1. The smallest absolute Gasteiger partial charge is 0.216 e. The molecule has 7 unspecified atom stereocenters. The van der Waals surface area contributed by atoms with E-state index in [0.29, 0.717) is 23.7 Å². The molecule has 0 spiro atoms. The molecule has 23 heavy (non-hydrogen) atoms. The largest absolute Gasteiger partial charge is 0.347 e. The Morgan fingerprint density at radius 1 is 0.870 bits per heavy atom. The number of fused-ring (bicyclic) bond motifs is 4. The zero-order valence-corrected chi connectivity index (χ0v) is 14.7. The summed E-state index contributed by atoms with van der Waals surface area (Å²) in [7, 11) is -8.29. The molecule has 4 aliphatic carbocycles. The number of hydrogen-bond donors (Lipinski definition) is 2. The average molecular weight is 364 g/mol. The van der Waals surface area contributed by atoms with Crippen LogP contribution in [0, 0.1) is 28.5 Å². The van der Waals surface area contributed by atoms with Crippen LogP contribution in [0.2, 0.25) is 0 Å². The highest BCUT2D eigenvalue weighted by Gasteiger charge is 2.53. The van der Waals surface area contributed by atoms with Gasteiger partial charge in [0.25, 0.3) is 0 Å². The van der Waals surface area contributed by atoms with Crippen molar-refractivity contribution in [2.75, 3.05) is 0 Å².